The minimum absolute atomic E-state index is 0.132. The molecule has 1 heterocycles. The fraction of sp³-hybridized carbons (Fsp3) is 0.333. The number of ether oxygens (including phenoxy) is 1. The number of fused-ring (bicyclic) bond motifs is 1. The van der Waals surface area contributed by atoms with Crippen LogP contribution in [0.2, 0.25) is 0 Å². The van der Waals surface area contributed by atoms with Gasteiger partial charge in [-0.3, -0.25) is 4.79 Å². The van der Waals surface area contributed by atoms with Crippen molar-refractivity contribution in [2.45, 2.75) is 20.4 Å². The zero-order valence-electron chi connectivity index (χ0n) is 12.1. The number of nitrogens with zero attached hydrogens (tertiary/aromatic N) is 2. The van der Waals surface area contributed by atoms with Crippen LogP contribution >= 0.6 is 0 Å². The van der Waals surface area contributed by atoms with Gasteiger partial charge in [-0.15, -0.1) is 0 Å². The van der Waals surface area contributed by atoms with Crippen molar-refractivity contribution >= 4 is 17.0 Å². The first-order valence-electron chi connectivity index (χ1n) is 6.48. The van der Waals surface area contributed by atoms with Crippen molar-refractivity contribution in [1.82, 2.24) is 9.47 Å². The molecule has 1 amide bonds. The van der Waals surface area contributed by atoms with Crippen molar-refractivity contribution in [2.24, 2.45) is 0 Å². The number of hydrogen-bond donors (Lipinski definition) is 0. The third kappa shape index (κ3) is 2.27. The summed E-state index contributed by atoms with van der Waals surface area (Å²) < 4.78 is 7.05. The minimum atomic E-state index is -0.494. The number of aromatic nitrogens is 1. The zero-order valence-corrected chi connectivity index (χ0v) is 12.1. The van der Waals surface area contributed by atoms with Crippen LogP contribution in [0.5, 0.6) is 5.75 Å². The maximum Gasteiger partial charge on any atom is 0.414 e. The Morgan fingerprint density at radius 3 is 2.55 bits per heavy atom. The highest BCUT2D eigenvalue weighted by Gasteiger charge is 2.17. The highest BCUT2D eigenvalue weighted by atomic mass is 16.6. The van der Waals surface area contributed by atoms with Gasteiger partial charge in [0.25, 0.3) is 5.56 Å². The number of carbonyl (C=O) groups is 1. The van der Waals surface area contributed by atoms with Gasteiger partial charge in [0.2, 0.25) is 0 Å². The van der Waals surface area contributed by atoms with Crippen molar-refractivity contribution in [3.05, 3.63) is 40.2 Å². The number of aryl methyl sites for hydroxylation is 1. The van der Waals surface area contributed by atoms with Crippen LogP contribution in [-0.4, -0.2) is 29.7 Å². The first-order valence-corrected chi connectivity index (χ1v) is 6.48. The second kappa shape index (κ2) is 5.36. The molecular formula is C15H18N2O3. The smallest absolute Gasteiger partial charge is 0.409 e. The van der Waals surface area contributed by atoms with E-state index >= 15 is 0 Å². The Hall–Kier alpha value is -2.30. The fourth-order valence-electron chi connectivity index (χ4n) is 2.14. The molecule has 0 unspecified atom stereocenters. The Morgan fingerprint density at radius 1 is 1.30 bits per heavy atom. The van der Waals surface area contributed by atoms with Crippen LogP contribution in [0.3, 0.4) is 0 Å². The number of rotatable bonds is 2. The van der Waals surface area contributed by atoms with Crippen LogP contribution in [-0.2, 0) is 6.54 Å². The topological polar surface area (TPSA) is 51.5 Å². The van der Waals surface area contributed by atoms with E-state index in [1.807, 2.05) is 31.2 Å². The molecular weight excluding hydrogens is 256 g/mol. The molecule has 20 heavy (non-hydrogen) atoms. The number of para-hydroxylation sites is 1. The lowest BCUT2D eigenvalue weighted by atomic mass is 10.1. The molecule has 0 aliphatic heterocycles. The van der Waals surface area contributed by atoms with Gasteiger partial charge in [0.05, 0.1) is 11.1 Å². The fourth-order valence-corrected chi connectivity index (χ4v) is 2.14. The van der Waals surface area contributed by atoms with Crippen LogP contribution in [0.15, 0.2) is 29.1 Å². The molecule has 2 rings (SSSR count). The van der Waals surface area contributed by atoms with Gasteiger partial charge in [0.1, 0.15) is 0 Å². The Labute approximate surface area is 117 Å². The molecule has 0 fully saturated rings. The van der Waals surface area contributed by atoms with Gasteiger partial charge < -0.3 is 14.2 Å². The summed E-state index contributed by atoms with van der Waals surface area (Å²) in [7, 11) is 3.21. The number of amides is 1. The van der Waals surface area contributed by atoms with E-state index in [1.165, 1.54) is 4.90 Å². The molecule has 5 heteroatoms. The van der Waals surface area contributed by atoms with Crippen LogP contribution in [0, 0.1) is 6.92 Å². The van der Waals surface area contributed by atoms with E-state index in [0.29, 0.717) is 17.9 Å². The van der Waals surface area contributed by atoms with E-state index in [2.05, 4.69) is 0 Å². The number of benzene rings is 1. The molecule has 0 aliphatic carbocycles. The third-order valence-electron chi connectivity index (χ3n) is 3.22. The van der Waals surface area contributed by atoms with Crippen molar-refractivity contribution in [3.8, 4) is 5.75 Å². The lowest BCUT2D eigenvalue weighted by molar-refractivity contribution is 0.172. The van der Waals surface area contributed by atoms with E-state index in [-0.39, 0.29) is 5.56 Å². The largest absolute Gasteiger partial charge is 0.414 e. The van der Waals surface area contributed by atoms with Gasteiger partial charge in [0.15, 0.2) is 5.75 Å². The zero-order chi connectivity index (χ0) is 14.9. The third-order valence-corrected chi connectivity index (χ3v) is 3.22. The van der Waals surface area contributed by atoms with Gasteiger partial charge >= 0.3 is 6.09 Å². The Balaban J connectivity index is 2.74. The normalized spacial score (nSPS) is 10.6. The van der Waals surface area contributed by atoms with Gasteiger partial charge in [-0.1, -0.05) is 12.1 Å². The predicted molar refractivity (Wildman–Crippen MR) is 78.3 cm³/mol. The van der Waals surface area contributed by atoms with Gasteiger partial charge in [0, 0.05) is 26.0 Å². The summed E-state index contributed by atoms with van der Waals surface area (Å²) in [5.74, 6) is 0.342. The van der Waals surface area contributed by atoms with Crippen molar-refractivity contribution in [1.29, 1.82) is 0 Å². The second-order valence-electron chi connectivity index (χ2n) is 4.78. The number of carbonyl (C=O) groups excluding carboxylic acids is 1. The maximum absolute atomic E-state index is 12.3. The molecule has 106 valence electrons. The average Bonchev–Trinajstić information content (AvgIpc) is 2.44. The van der Waals surface area contributed by atoms with Crippen LogP contribution in [0.1, 0.15) is 12.5 Å². The van der Waals surface area contributed by atoms with E-state index in [1.54, 1.807) is 25.6 Å². The van der Waals surface area contributed by atoms with Gasteiger partial charge in [-0.2, -0.15) is 0 Å². The van der Waals surface area contributed by atoms with Crippen molar-refractivity contribution in [3.63, 3.8) is 0 Å². The molecule has 0 radical (unpaired) electrons. The average molecular weight is 274 g/mol. The summed E-state index contributed by atoms with van der Waals surface area (Å²) in [5.41, 5.74) is 1.08. The van der Waals surface area contributed by atoms with E-state index < -0.39 is 6.09 Å². The first kappa shape index (κ1) is 14.1. The van der Waals surface area contributed by atoms with Gasteiger partial charge in [-0.05, 0) is 26.0 Å². The molecule has 0 aliphatic rings. The SMILES string of the molecule is CCn1c(=O)c(C)c(OC(=O)N(C)C)c2ccccc21. The van der Waals surface area contributed by atoms with E-state index in [9.17, 15) is 9.59 Å². The Morgan fingerprint density at radius 2 is 1.95 bits per heavy atom. The maximum atomic E-state index is 12.3. The van der Waals surface area contributed by atoms with E-state index in [4.69, 9.17) is 4.74 Å². The Bertz CT molecular complexity index is 717. The van der Waals surface area contributed by atoms with Crippen molar-refractivity contribution in [2.75, 3.05) is 14.1 Å². The molecule has 0 spiro atoms. The molecule has 0 bridgehead atoms. The lowest BCUT2D eigenvalue weighted by Gasteiger charge is -2.16. The Kier molecular flexibility index (Phi) is 3.79. The molecule has 0 N–H and O–H groups in total. The minimum Gasteiger partial charge on any atom is -0.409 e. The van der Waals surface area contributed by atoms with E-state index in [0.717, 1.165) is 10.9 Å². The highest BCUT2D eigenvalue weighted by Crippen LogP contribution is 2.27. The quantitative estimate of drug-likeness (QED) is 0.845. The molecule has 1 aromatic heterocycles. The molecule has 2 aromatic rings. The number of pyridine rings is 1. The molecule has 0 saturated carbocycles. The predicted octanol–water partition coefficient (Wildman–Crippen LogP) is 2.39. The van der Waals surface area contributed by atoms with Crippen LogP contribution in [0.4, 0.5) is 4.79 Å². The highest BCUT2D eigenvalue weighted by molar-refractivity contribution is 5.89. The van der Waals surface area contributed by atoms with Gasteiger partial charge in [-0.25, -0.2) is 4.79 Å². The lowest BCUT2D eigenvalue weighted by Crippen LogP contribution is -2.28. The summed E-state index contributed by atoms with van der Waals surface area (Å²) in [6, 6.07) is 7.43. The summed E-state index contributed by atoms with van der Waals surface area (Å²) in [4.78, 5) is 25.4. The summed E-state index contributed by atoms with van der Waals surface area (Å²) in [5, 5.41) is 0.765. The van der Waals surface area contributed by atoms with Crippen LogP contribution < -0.4 is 10.3 Å². The molecule has 0 saturated heterocycles. The summed E-state index contributed by atoms with van der Waals surface area (Å²) in [6.45, 7) is 4.17. The van der Waals surface area contributed by atoms with Crippen molar-refractivity contribution < 1.29 is 9.53 Å². The molecule has 5 nitrogen and oxygen atoms in total. The summed E-state index contributed by atoms with van der Waals surface area (Å²) >= 11 is 0. The van der Waals surface area contributed by atoms with Crippen LogP contribution in [0.25, 0.3) is 10.9 Å². The first-order chi connectivity index (χ1) is 9.47. The standard InChI is InChI=1S/C15H18N2O3/c1-5-17-12-9-7-6-8-11(12)13(10(2)14(17)18)20-15(19)16(3)4/h6-9H,5H2,1-4H3. The monoisotopic (exact) mass is 274 g/mol. The summed E-state index contributed by atoms with van der Waals surface area (Å²) in [6.07, 6.45) is -0.494. The molecule has 0 atom stereocenters. The second-order valence-corrected chi connectivity index (χ2v) is 4.78. The number of hydrogen-bond acceptors (Lipinski definition) is 3. The molecule has 1 aromatic carbocycles.